The number of benzene rings is 1. The van der Waals surface area contributed by atoms with Crippen molar-refractivity contribution < 1.29 is 4.74 Å². The van der Waals surface area contributed by atoms with Gasteiger partial charge in [0, 0.05) is 0 Å². The monoisotopic (exact) mass is 245 g/mol. The van der Waals surface area contributed by atoms with E-state index < -0.39 is 0 Å². The van der Waals surface area contributed by atoms with E-state index in [1.807, 2.05) is 24.3 Å². The topological polar surface area (TPSA) is 99.9 Å². The van der Waals surface area contributed by atoms with Gasteiger partial charge in [0.05, 0.1) is 0 Å². The van der Waals surface area contributed by atoms with Crippen LogP contribution in [0.25, 0.3) is 0 Å². The molecule has 0 aliphatic rings. The molecule has 0 fully saturated rings. The first-order valence-corrected chi connectivity index (χ1v) is 5.65. The molecule has 0 radical (unpaired) electrons. The van der Waals surface area contributed by atoms with Crippen LogP contribution in [0.4, 0.5) is 11.9 Å². The van der Waals surface area contributed by atoms with Gasteiger partial charge in [-0.05, 0) is 24.1 Å². The fourth-order valence-electron chi connectivity index (χ4n) is 1.52. The molecule has 6 heteroatoms. The molecule has 0 spiro atoms. The van der Waals surface area contributed by atoms with Crippen LogP contribution in [0, 0.1) is 0 Å². The Morgan fingerprint density at radius 2 is 1.83 bits per heavy atom. The third-order valence-electron chi connectivity index (χ3n) is 2.39. The van der Waals surface area contributed by atoms with E-state index in [1.165, 1.54) is 5.56 Å². The minimum absolute atomic E-state index is 0.100. The highest BCUT2D eigenvalue weighted by Crippen LogP contribution is 2.15. The van der Waals surface area contributed by atoms with Gasteiger partial charge in [-0.15, -0.1) is 0 Å². The van der Waals surface area contributed by atoms with Crippen molar-refractivity contribution in [2.75, 3.05) is 11.5 Å². The summed E-state index contributed by atoms with van der Waals surface area (Å²) in [5.41, 5.74) is 12.2. The zero-order valence-electron chi connectivity index (χ0n) is 10.1. The summed E-state index contributed by atoms with van der Waals surface area (Å²) >= 11 is 0. The second kappa shape index (κ2) is 5.31. The third kappa shape index (κ3) is 3.07. The lowest BCUT2D eigenvalue weighted by molar-refractivity contribution is 0.295. The SMILES string of the molecule is CCc1cccc(OCc2nc(N)nc(N)n2)c1. The van der Waals surface area contributed by atoms with Crippen LogP contribution in [-0.2, 0) is 13.0 Å². The molecule has 0 saturated carbocycles. The summed E-state index contributed by atoms with van der Waals surface area (Å²) in [5, 5.41) is 0. The van der Waals surface area contributed by atoms with Crippen molar-refractivity contribution in [2.24, 2.45) is 0 Å². The molecule has 0 saturated heterocycles. The second-order valence-electron chi connectivity index (χ2n) is 3.76. The fourth-order valence-corrected chi connectivity index (χ4v) is 1.52. The smallest absolute Gasteiger partial charge is 0.225 e. The normalized spacial score (nSPS) is 10.3. The maximum atomic E-state index is 5.58. The number of aryl methyl sites for hydroxylation is 1. The lowest BCUT2D eigenvalue weighted by Crippen LogP contribution is -2.09. The Morgan fingerprint density at radius 1 is 1.11 bits per heavy atom. The quantitative estimate of drug-likeness (QED) is 0.838. The number of nitrogen functional groups attached to an aromatic ring is 2. The molecule has 1 aromatic carbocycles. The summed E-state index contributed by atoms with van der Waals surface area (Å²) in [5.74, 6) is 1.39. The van der Waals surface area contributed by atoms with Gasteiger partial charge in [-0.3, -0.25) is 0 Å². The first-order chi connectivity index (χ1) is 8.67. The summed E-state index contributed by atoms with van der Waals surface area (Å²) in [6, 6.07) is 7.86. The van der Waals surface area contributed by atoms with Gasteiger partial charge < -0.3 is 16.2 Å². The van der Waals surface area contributed by atoms with E-state index in [0.29, 0.717) is 5.82 Å². The van der Waals surface area contributed by atoms with Crippen LogP contribution in [0.1, 0.15) is 18.3 Å². The Morgan fingerprint density at radius 3 is 2.50 bits per heavy atom. The van der Waals surface area contributed by atoms with Gasteiger partial charge in [-0.2, -0.15) is 15.0 Å². The zero-order valence-corrected chi connectivity index (χ0v) is 10.1. The minimum Gasteiger partial charge on any atom is -0.486 e. The summed E-state index contributed by atoms with van der Waals surface area (Å²) in [6.07, 6.45) is 0.961. The molecule has 18 heavy (non-hydrogen) atoms. The van der Waals surface area contributed by atoms with E-state index in [-0.39, 0.29) is 18.5 Å². The van der Waals surface area contributed by atoms with E-state index in [1.54, 1.807) is 0 Å². The highest BCUT2D eigenvalue weighted by atomic mass is 16.5. The number of nitrogens with zero attached hydrogens (tertiary/aromatic N) is 3. The van der Waals surface area contributed by atoms with Crippen LogP contribution in [0.15, 0.2) is 24.3 Å². The number of rotatable bonds is 4. The molecule has 1 heterocycles. The predicted octanol–water partition coefficient (Wildman–Crippen LogP) is 1.18. The number of hydrogen-bond acceptors (Lipinski definition) is 6. The molecule has 6 nitrogen and oxygen atoms in total. The van der Waals surface area contributed by atoms with Gasteiger partial charge in [0.25, 0.3) is 0 Å². The van der Waals surface area contributed by atoms with E-state index in [2.05, 4.69) is 21.9 Å². The van der Waals surface area contributed by atoms with Gasteiger partial charge in [0.1, 0.15) is 12.4 Å². The summed E-state index contributed by atoms with van der Waals surface area (Å²) in [6.45, 7) is 2.30. The molecule has 4 N–H and O–H groups in total. The number of anilines is 2. The Balaban J connectivity index is 2.06. The van der Waals surface area contributed by atoms with Crippen molar-refractivity contribution >= 4 is 11.9 Å². The number of ether oxygens (including phenoxy) is 1. The van der Waals surface area contributed by atoms with Crippen LogP contribution in [0.3, 0.4) is 0 Å². The highest BCUT2D eigenvalue weighted by molar-refractivity contribution is 5.29. The van der Waals surface area contributed by atoms with Crippen LogP contribution >= 0.6 is 0 Å². The molecule has 1 aromatic heterocycles. The van der Waals surface area contributed by atoms with Gasteiger partial charge in [0.2, 0.25) is 11.9 Å². The maximum absolute atomic E-state index is 5.58. The summed E-state index contributed by atoms with van der Waals surface area (Å²) in [4.78, 5) is 11.6. The minimum atomic E-state index is 0.100. The molecule has 2 rings (SSSR count). The lowest BCUT2D eigenvalue weighted by atomic mass is 10.2. The fraction of sp³-hybridized carbons (Fsp3) is 0.250. The third-order valence-corrected chi connectivity index (χ3v) is 2.39. The highest BCUT2D eigenvalue weighted by Gasteiger charge is 2.03. The number of nitrogens with two attached hydrogens (primary N) is 2. The second-order valence-corrected chi connectivity index (χ2v) is 3.76. The van der Waals surface area contributed by atoms with Crippen LogP contribution in [0.2, 0.25) is 0 Å². The molecule has 0 aliphatic heterocycles. The number of aromatic nitrogens is 3. The predicted molar refractivity (Wildman–Crippen MR) is 68.8 cm³/mol. The molecule has 0 amide bonds. The molecule has 2 aromatic rings. The van der Waals surface area contributed by atoms with Crippen molar-refractivity contribution in [1.29, 1.82) is 0 Å². The molecular weight excluding hydrogens is 230 g/mol. The molecule has 0 aliphatic carbocycles. The van der Waals surface area contributed by atoms with Crippen LogP contribution in [0.5, 0.6) is 5.75 Å². The zero-order chi connectivity index (χ0) is 13.0. The van der Waals surface area contributed by atoms with Crippen molar-refractivity contribution in [1.82, 2.24) is 15.0 Å². The van der Waals surface area contributed by atoms with Gasteiger partial charge >= 0.3 is 0 Å². The van der Waals surface area contributed by atoms with E-state index in [4.69, 9.17) is 16.2 Å². The van der Waals surface area contributed by atoms with Gasteiger partial charge in [-0.25, -0.2) is 0 Å². The van der Waals surface area contributed by atoms with Crippen molar-refractivity contribution in [3.05, 3.63) is 35.7 Å². The number of hydrogen-bond donors (Lipinski definition) is 2. The molecule has 94 valence electrons. The molecular formula is C12H15N5O. The molecule has 0 atom stereocenters. The van der Waals surface area contributed by atoms with Gasteiger partial charge in [-0.1, -0.05) is 19.1 Å². The summed E-state index contributed by atoms with van der Waals surface area (Å²) < 4.78 is 5.58. The Hall–Kier alpha value is -2.37. The standard InChI is InChI=1S/C12H15N5O/c1-2-8-4-3-5-9(6-8)18-7-10-15-11(13)17-12(14)16-10/h3-6H,2,7H2,1H3,(H4,13,14,15,16,17). The Labute approximate surface area is 105 Å². The molecule has 0 unspecified atom stereocenters. The van der Waals surface area contributed by atoms with E-state index in [0.717, 1.165) is 12.2 Å². The van der Waals surface area contributed by atoms with E-state index in [9.17, 15) is 0 Å². The van der Waals surface area contributed by atoms with Crippen molar-refractivity contribution in [2.45, 2.75) is 20.0 Å². The first-order valence-electron chi connectivity index (χ1n) is 5.65. The largest absolute Gasteiger partial charge is 0.486 e. The molecule has 0 bridgehead atoms. The first kappa shape index (κ1) is 12.1. The van der Waals surface area contributed by atoms with Crippen molar-refractivity contribution in [3.63, 3.8) is 0 Å². The van der Waals surface area contributed by atoms with Gasteiger partial charge in [0.15, 0.2) is 5.82 Å². The maximum Gasteiger partial charge on any atom is 0.225 e. The van der Waals surface area contributed by atoms with Crippen LogP contribution in [-0.4, -0.2) is 15.0 Å². The van der Waals surface area contributed by atoms with E-state index >= 15 is 0 Å². The van der Waals surface area contributed by atoms with Crippen molar-refractivity contribution in [3.8, 4) is 5.75 Å². The Kier molecular flexibility index (Phi) is 3.57. The lowest BCUT2D eigenvalue weighted by Gasteiger charge is -2.07. The summed E-state index contributed by atoms with van der Waals surface area (Å²) in [7, 11) is 0. The average Bonchev–Trinajstić information content (AvgIpc) is 2.35. The van der Waals surface area contributed by atoms with Crippen LogP contribution < -0.4 is 16.2 Å². The Bertz CT molecular complexity index is 523. The average molecular weight is 245 g/mol.